The number of unbranched alkanes of at least 4 members (excludes halogenated alkanes) is 2. The number of rotatable bonds is 13. The molecule has 2 unspecified atom stereocenters. The average Bonchev–Trinajstić information content (AvgIpc) is 2.99. The van der Waals surface area contributed by atoms with Crippen LogP contribution in [0.4, 0.5) is 0 Å². The summed E-state index contributed by atoms with van der Waals surface area (Å²) < 4.78 is 0. The Kier molecular flexibility index (Phi) is 19.8. The molecule has 0 radical (unpaired) electrons. The molecule has 1 fully saturated rings. The average molecular weight is 719 g/mol. The van der Waals surface area contributed by atoms with Crippen LogP contribution in [0.15, 0.2) is 34.3 Å². The van der Waals surface area contributed by atoms with E-state index in [4.69, 9.17) is 20.2 Å². The standard InChI is InChI=1S/C36H54N2O2.C3H4O4.CH4.Cr/c1-9-11-17-36(8,18-12-10-2)30-20-26(4)34(40)28(22-30)24-38-32-16-14-13-15-31(32)37-23-27-21-29(35(5,6)7)19-25(3)33(27)39;4-2(5)1-3(6)7;;/h19-24,31-32,39-40H,9-18H2,1-8H3;1H2,(H,4,5)(H,6,7);1H4;. The van der Waals surface area contributed by atoms with E-state index >= 15 is 0 Å². The number of benzene rings is 2. The third kappa shape index (κ3) is 14.3. The van der Waals surface area contributed by atoms with Crippen LogP contribution >= 0.6 is 0 Å². The smallest absolute Gasteiger partial charge is 0.314 e. The van der Waals surface area contributed by atoms with Crippen LogP contribution in [-0.4, -0.2) is 56.9 Å². The molecule has 9 heteroatoms. The summed E-state index contributed by atoms with van der Waals surface area (Å²) in [5.74, 6) is -1.99. The van der Waals surface area contributed by atoms with Gasteiger partial charge in [0.2, 0.25) is 0 Å². The van der Waals surface area contributed by atoms with Gasteiger partial charge < -0.3 is 20.4 Å². The first kappa shape index (κ1) is 45.9. The quantitative estimate of drug-likeness (QED) is 0.120. The van der Waals surface area contributed by atoms with E-state index in [0.717, 1.165) is 60.8 Å². The molecule has 0 spiro atoms. The summed E-state index contributed by atoms with van der Waals surface area (Å²) >= 11 is 0. The van der Waals surface area contributed by atoms with Crippen molar-refractivity contribution in [2.24, 2.45) is 9.98 Å². The molecule has 0 heterocycles. The molecule has 2 aromatic rings. The van der Waals surface area contributed by atoms with Gasteiger partial charge in [0, 0.05) is 40.9 Å². The van der Waals surface area contributed by atoms with Crippen molar-refractivity contribution in [1.29, 1.82) is 0 Å². The van der Waals surface area contributed by atoms with Crippen LogP contribution in [0.3, 0.4) is 0 Å². The maximum absolute atomic E-state index is 11.0. The third-order valence-electron chi connectivity index (χ3n) is 9.19. The zero-order valence-electron chi connectivity index (χ0n) is 30.3. The molecule has 0 bridgehead atoms. The van der Waals surface area contributed by atoms with Crippen molar-refractivity contribution in [1.82, 2.24) is 0 Å². The van der Waals surface area contributed by atoms with Crippen molar-refractivity contribution in [3.8, 4) is 11.5 Å². The zero-order chi connectivity index (χ0) is 35.4. The Bertz CT molecular complexity index is 1390. The Hall–Kier alpha value is -3.15. The number of aromatic hydroxyl groups is 2. The molecule has 0 aliphatic heterocycles. The number of aliphatic carboxylic acids is 2. The van der Waals surface area contributed by atoms with E-state index in [0.29, 0.717) is 11.5 Å². The number of hydrogen-bond acceptors (Lipinski definition) is 6. The van der Waals surface area contributed by atoms with Gasteiger partial charge in [-0.1, -0.05) is 99.6 Å². The summed E-state index contributed by atoms with van der Waals surface area (Å²) in [5, 5.41) is 37.1. The van der Waals surface area contributed by atoms with Crippen molar-refractivity contribution in [3.05, 3.63) is 57.6 Å². The number of nitrogens with zero attached hydrogens (tertiary/aromatic N) is 2. The molecule has 49 heavy (non-hydrogen) atoms. The molecule has 0 aromatic heterocycles. The second kappa shape index (κ2) is 21.2. The molecular formula is C40H62CrN2O6. The minimum absolute atomic E-state index is 0. The Balaban J connectivity index is 0.00000231. The fourth-order valence-corrected chi connectivity index (χ4v) is 6.06. The van der Waals surface area contributed by atoms with Crippen molar-refractivity contribution in [2.75, 3.05) is 0 Å². The van der Waals surface area contributed by atoms with Crippen molar-refractivity contribution < 1.29 is 47.4 Å². The number of phenolic OH excluding ortho intramolecular Hbond substituents is 2. The van der Waals surface area contributed by atoms with Crippen LogP contribution in [0.5, 0.6) is 11.5 Å². The molecule has 274 valence electrons. The molecule has 2 aromatic carbocycles. The van der Waals surface area contributed by atoms with Crippen LogP contribution in [0.1, 0.15) is 153 Å². The molecule has 1 aliphatic carbocycles. The van der Waals surface area contributed by atoms with Crippen LogP contribution < -0.4 is 0 Å². The normalized spacial score (nSPS) is 16.4. The van der Waals surface area contributed by atoms with Crippen molar-refractivity contribution in [3.63, 3.8) is 0 Å². The van der Waals surface area contributed by atoms with E-state index in [1.807, 2.05) is 26.3 Å². The number of carbonyl (C=O) groups is 2. The van der Waals surface area contributed by atoms with E-state index in [-0.39, 0.29) is 47.7 Å². The number of carboxylic acids is 2. The second-order valence-electron chi connectivity index (χ2n) is 14.4. The molecule has 1 saturated carbocycles. The maximum Gasteiger partial charge on any atom is 0.314 e. The first-order valence-corrected chi connectivity index (χ1v) is 17.2. The molecule has 2 atom stereocenters. The predicted octanol–water partition coefficient (Wildman–Crippen LogP) is 9.68. The summed E-state index contributed by atoms with van der Waals surface area (Å²) in [6, 6.07) is 8.62. The SMILES string of the molecule is C.CCCCC(C)(CCCC)c1cc(C)c(O)c(C=NC2CCCCC2N=Cc2cc(C(C)(C)C)cc(C)c2O)c1.O=C(O)CC(=O)O.[Cr]. The molecule has 8 nitrogen and oxygen atoms in total. The molecule has 0 saturated heterocycles. The zero-order valence-corrected chi connectivity index (χ0v) is 31.6. The fourth-order valence-electron chi connectivity index (χ4n) is 6.06. The Morgan fingerprint density at radius 3 is 1.49 bits per heavy atom. The van der Waals surface area contributed by atoms with Gasteiger partial charge in [-0.05, 0) is 84.7 Å². The van der Waals surface area contributed by atoms with Gasteiger partial charge in [0.25, 0.3) is 0 Å². The van der Waals surface area contributed by atoms with E-state index in [2.05, 4.69) is 65.8 Å². The largest absolute Gasteiger partial charge is 0.507 e. The summed E-state index contributed by atoms with van der Waals surface area (Å²) in [7, 11) is 0. The first-order chi connectivity index (χ1) is 22.0. The Morgan fingerprint density at radius 2 is 1.14 bits per heavy atom. The summed E-state index contributed by atoms with van der Waals surface area (Å²) in [6.45, 7) is 17.4. The van der Waals surface area contributed by atoms with Crippen molar-refractivity contribution in [2.45, 2.75) is 156 Å². The third-order valence-corrected chi connectivity index (χ3v) is 9.19. The Morgan fingerprint density at radius 1 is 0.755 bits per heavy atom. The monoisotopic (exact) mass is 718 g/mol. The van der Waals surface area contributed by atoms with E-state index in [1.54, 1.807) is 0 Å². The number of phenols is 2. The summed E-state index contributed by atoms with van der Waals surface area (Å²) in [4.78, 5) is 28.9. The number of hydrogen-bond donors (Lipinski definition) is 4. The summed E-state index contributed by atoms with van der Waals surface area (Å²) in [6.07, 6.45) is 14.3. The van der Waals surface area contributed by atoms with E-state index in [1.165, 1.54) is 36.8 Å². The van der Waals surface area contributed by atoms with Gasteiger partial charge in [0.1, 0.15) is 17.9 Å². The fraction of sp³-hybridized carbons (Fsp3) is 0.600. The number of aryl methyl sites for hydroxylation is 2. The molecular weight excluding hydrogens is 656 g/mol. The Labute approximate surface area is 306 Å². The molecule has 0 amide bonds. The van der Waals surface area contributed by atoms with Gasteiger partial charge >= 0.3 is 11.9 Å². The topological polar surface area (TPSA) is 140 Å². The number of aliphatic imine (C=N–C) groups is 2. The minimum Gasteiger partial charge on any atom is -0.507 e. The summed E-state index contributed by atoms with van der Waals surface area (Å²) in [5.41, 5.74) is 5.99. The van der Waals surface area contributed by atoms with Crippen LogP contribution in [-0.2, 0) is 37.8 Å². The van der Waals surface area contributed by atoms with Gasteiger partial charge in [-0.25, -0.2) is 0 Å². The van der Waals surface area contributed by atoms with Crippen LogP contribution in [0.2, 0.25) is 0 Å². The minimum atomic E-state index is -1.31. The molecule has 1 aliphatic rings. The maximum atomic E-state index is 11.0. The van der Waals surface area contributed by atoms with E-state index < -0.39 is 18.4 Å². The van der Waals surface area contributed by atoms with Gasteiger partial charge in [-0.15, -0.1) is 0 Å². The van der Waals surface area contributed by atoms with Gasteiger partial charge in [-0.2, -0.15) is 0 Å². The van der Waals surface area contributed by atoms with Gasteiger partial charge in [0.15, 0.2) is 0 Å². The second-order valence-corrected chi connectivity index (χ2v) is 14.4. The van der Waals surface area contributed by atoms with Gasteiger partial charge in [0.05, 0.1) is 12.1 Å². The van der Waals surface area contributed by atoms with Crippen LogP contribution in [0.25, 0.3) is 0 Å². The van der Waals surface area contributed by atoms with Crippen LogP contribution in [0, 0.1) is 13.8 Å². The van der Waals surface area contributed by atoms with E-state index in [9.17, 15) is 19.8 Å². The molecule has 4 N–H and O–H groups in total. The predicted molar refractivity (Wildman–Crippen MR) is 199 cm³/mol. The van der Waals surface area contributed by atoms with Gasteiger partial charge in [-0.3, -0.25) is 19.6 Å². The number of carboxylic acid groups (broad SMARTS) is 2. The first-order valence-electron chi connectivity index (χ1n) is 17.2. The van der Waals surface area contributed by atoms with Crippen molar-refractivity contribution >= 4 is 24.4 Å². The molecule has 3 rings (SSSR count).